The van der Waals surface area contributed by atoms with E-state index in [4.69, 9.17) is 38.7 Å². The van der Waals surface area contributed by atoms with Crippen LogP contribution in [0.1, 0.15) is 0 Å². The Morgan fingerprint density at radius 1 is 0.175 bits per heavy atom. The largest absolute Gasteiger partial charge is 0.456 e. The number of rotatable bonds is 9. The number of nitrogens with zero attached hydrogens (tertiary/aromatic N) is 6. The van der Waals surface area contributed by atoms with Crippen molar-refractivity contribution in [1.82, 2.24) is 29.9 Å². The molecule has 0 aliphatic carbocycles. The summed E-state index contributed by atoms with van der Waals surface area (Å²) in [4.78, 5) is 31.1. The molecule has 6 heterocycles. The normalized spacial score (nSPS) is 11.9. The van der Waals surface area contributed by atoms with Crippen molar-refractivity contribution in [3.05, 3.63) is 364 Å². The Hall–Kier alpha value is -14.7. The topological polar surface area (TPSA) is 104 Å². The monoisotopic (exact) mass is 1490 g/mol. The average Bonchev–Trinajstić information content (AvgIpc) is 1.47. The van der Waals surface area contributed by atoms with Crippen molar-refractivity contribution in [2.24, 2.45) is 0 Å². The van der Waals surface area contributed by atoms with E-state index in [9.17, 15) is 0 Å². The molecule has 0 saturated heterocycles. The van der Waals surface area contributed by atoms with E-state index in [0.717, 1.165) is 110 Å². The van der Waals surface area contributed by atoms with E-state index in [1.807, 2.05) is 71.2 Å². The number of thiophene rings is 2. The van der Waals surface area contributed by atoms with Crippen molar-refractivity contribution in [1.29, 1.82) is 0 Å². The number of benzene rings is 18. The van der Waals surface area contributed by atoms with Gasteiger partial charge in [0.2, 0.25) is 0 Å². The van der Waals surface area contributed by atoms with Crippen molar-refractivity contribution in [2.45, 2.75) is 0 Å². The lowest BCUT2D eigenvalue weighted by molar-refractivity contribution is 0.669. The van der Waals surface area contributed by atoms with Crippen molar-refractivity contribution < 1.29 is 8.83 Å². The molecule has 530 valence electrons. The van der Waals surface area contributed by atoms with E-state index < -0.39 is 0 Å². The van der Waals surface area contributed by atoms with Crippen molar-refractivity contribution in [3.63, 3.8) is 0 Å². The van der Waals surface area contributed by atoms with E-state index in [1.165, 1.54) is 94.6 Å². The van der Waals surface area contributed by atoms with Gasteiger partial charge in [-0.3, -0.25) is 0 Å². The second-order valence-electron chi connectivity index (χ2n) is 29.1. The molecule has 8 nitrogen and oxygen atoms in total. The van der Waals surface area contributed by atoms with Crippen LogP contribution in [0.25, 0.3) is 240 Å². The van der Waals surface area contributed by atoms with Crippen LogP contribution in [-0.2, 0) is 0 Å². The summed E-state index contributed by atoms with van der Waals surface area (Å²) in [6.07, 6.45) is 0. The summed E-state index contributed by atoms with van der Waals surface area (Å²) in [6.45, 7) is 0. The van der Waals surface area contributed by atoms with Gasteiger partial charge in [-0.2, -0.15) is 0 Å². The van der Waals surface area contributed by atoms with Gasteiger partial charge >= 0.3 is 0 Å². The zero-order chi connectivity index (χ0) is 74.9. The summed E-state index contributed by atoms with van der Waals surface area (Å²) in [5.41, 5.74) is 15.6. The van der Waals surface area contributed by atoms with Gasteiger partial charge in [0, 0.05) is 101 Å². The number of furan rings is 2. The molecule has 0 amide bonds. The maximum absolute atomic E-state index is 6.52. The lowest BCUT2D eigenvalue weighted by Gasteiger charge is -2.15. The summed E-state index contributed by atoms with van der Waals surface area (Å²) >= 11 is 3.70. The predicted molar refractivity (Wildman–Crippen MR) is 476 cm³/mol. The Bertz CT molecular complexity index is 8070. The Balaban J connectivity index is 0.000000136. The number of aromatic nitrogens is 6. The van der Waals surface area contributed by atoms with Crippen molar-refractivity contribution in [3.8, 4) is 102 Å². The van der Waals surface area contributed by atoms with Crippen LogP contribution in [0.5, 0.6) is 0 Å². The first kappa shape index (κ1) is 65.2. The van der Waals surface area contributed by atoms with Crippen LogP contribution in [0.15, 0.2) is 373 Å². The third-order valence-electron chi connectivity index (χ3n) is 22.3. The highest BCUT2D eigenvalue weighted by Gasteiger charge is 2.24. The van der Waals surface area contributed by atoms with Crippen molar-refractivity contribution >= 4 is 161 Å². The Kier molecular flexibility index (Phi) is 15.2. The lowest BCUT2D eigenvalue weighted by atomic mass is 9.90. The first-order chi connectivity index (χ1) is 56.4. The minimum Gasteiger partial charge on any atom is -0.456 e. The third-order valence-corrected chi connectivity index (χ3v) is 24.8. The minimum atomic E-state index is 0.586. The summed E-state index contributed by atoms with van der Waals surface area (Å²) in [7, 11) is 0. The second-order valence-corrected chi connectivity index (χ2v) is 31.2. The van der Waals surface area contributed by atoms with Gasteiger partial charge in [0.05, 0.1) is 0 Å². The smallest absolute Gasteiger partial charge is 0.164 e. The lowest BCUT2D eigenvalue weighted by Crippen LogP contribution is -2.00. The molecule has 0 atom stereocenters. The summed E-state index contributed by atoms with van der Waals surface area (Å²) in [5.74, 6) is 3.62. The van der Waals surface area contributed by atoms with Gasteiger partial charge in [0.1, 0.15) is 22.3 Å². The third kappa shape index (κ3) is 11.1. The molecule has 10 heteroatoms. The molecule has 114 heavy (non-hydrogen) atoms. The predicted octanol–water partition coefficient (Wildman–Crippen LogP) is 29.0. The SMILES string of the molecule is c1ccc(-c2cc(-c3nc(-c4ccccc4)nc(-c4ccc5c(c4)oc4cc6ccccc6cc45)n3)cc(-c3cccc4c3sc3ccccc34)c2)cc1.c1ccc(-c2nc(-c3ccc4c(c3)oc3ccc5ccccc5c34)nc(-c3cc(-c4cc5ccccc5c5c4sc4ccccc45)c4ccc5ccccc5c4c3)n2)cc1. The van der Waals surface area contributed by atoms with E-state index in [-0.39, 0.29) is 0 Å². The van der Waals surface area contributed by atoms with Crippen LogP contribution in [0.4, 0.5) is 0 Å². The molecule has 0 bridgehead atoms. The van der Waals surface area contributed by atoms with Gasteiger partial charge < -0.3 is 8.83 Å². The molecule has 0 unspecified atom stereocenters. The van der Waals surface area contributed by atoms with Gasteiger partial charge in [0.15, 0.2) is 34.9 Å². The van der Waals surface area contributed by atoms with Gasteiger partial charge in [-0.15, -0.1) is 22.7 Å². The van der Waals surface area contributed by atoms with E-state index in [2.05, 4.69) is 315 Å². The summed E-state index contributed by atoms with van der Waals surface area (Å²) in [5, 5.41) is 21.4. The average molecular weight is 1490 g/mol. The molecular formula is C104H60N6O2S2. The zero-order valence-electron chi connectivity index (χ0n) is 61.0. The van der Waals surface area contributed by atoms with Crippen molar-refractivity contribution in [2.75, 3.05) is 0 Å². The highest BCUT2D eigenvalue weighted by molar-refractivity contribution is 7.27. The number of hydrogen-bond acceptors (Lipinski definition) is 10. The molecule has 0 aliphatic rings. The van der Waals surface area contributed by atoms with E-state index >= 15 is 0 Å². The molecule has 6 aromatic heterocycles. The van der Waals surface area contributed by atoms with Crippen LogP contribution in [0.3, 0.4) is 0 Å². The zero-order valence-corrected chi connectivity index (χ0v) is 62.6. The number of hydrogen-bond donors (Lipinski definition) is 0. The van der Waals surface area contributed by atoms with Gasteiger partial charge in [-0.25, -0.2) is 29.9 Å². The van der Waals surface area contributed by atoms with Crippen LogP contribution in [-0.4, -0.2) is 29.9 Å². The van der Waals surface area contributed by atoms with Crippen LogP contribution < -0.4 is 0 Å². The molecule has 24 rings (SSSR count). The summed E-state index contributed by atoms with van der Waals surface area (Å²) in [6, 6.07) is 128. The minimum absolute atomic E-state index is 0.586. The molecule has 24 aromatic rings. The molecule has 0 saturated carbocycles. The molecule has 0 radical (unpaired) electrons. The molecule has 0 aliphatic heterocycles. The van der Waals surface area contributed by atoms with Crippen LogP contribution >= 0.6 is 22.7 Å². The first-order valence-electron chi connectivity index (χ1n) is 38.2. The molecule has 0 fully saturated rings. The molecule has 18 aromatic carbocycles. The maximum Gasteiger partial charge on any atom is 0.164 e. The van der Waals surface area contributed by atoms with E-state index in [0.29, 0.717) is 34.9 Å². The molecule has 0 spiro atoms. The molecule has 0 N–H and O–H groups in total. The highest BCUT2D eigenvalue weighted by Crippen LogP contribution is 2.49. The summed E-state index contributed by atoms with van der Waals surface area (Å²) < 4.78 is 18.1. The highest BCUT2D eigenvalue weighted by atomic mass is 32.1. The van der Waals surface area contributed by atoms with Gasteiger partial charge in [-0.1, -0.05) is 273 Å². The van der Waals surface area contributed by atoms with E-state index in [1.54, 1.807) is 0 Å². The van der Waals surface area contributed by atoms with Gasteiger partial charge in [0.25, 0.3) is 0 Å². The van der Waals surface area contributed by atoms with Gasteiger partial charge in [-0.05, 0) is 173 Å². The quantitative estimate of drug-likeness (QED) is 0.132. The Labute approximate surface area is 660 Å². The first-order valence-corrected chi connectivity index (χ1v) is 39.8. The fourth-order valence-electron chi connectivity index (χ4n) is 16.9. The standard InChI is InChI=1S/C55H31N3OS.C49H29N3OS/c1-2-14-34(15-3-1)53-56-54(36-23-26-42-48(31-36)59-47-27-24-33-13-5-8-18-39(33)50(42)47)58-55(57-53)37-29-44-38-17-7-4-12-32(38)22-25-41(44)45(30-37)46-28-35-16-6-9-19-40(35)51-43-20-10-11-21-49(43)60-52(46)51;1-3-12-30(13-4-1)35-24-36(38-19-11-20-41-40-18-9-10-21-45(40)54-46(38)41)26-37(25-35)49-51-47(31-14-5-2-6-15-31)50-48(52-49)34-22-23-39-42-27-32-16-7-8-17-33(32)28-44(42)53-43(39)29-34/h1-31H;1-29H. The van der Waals surface area contributed by atoms with Crippen LogP contribution in [0, 0.1) is 0 Å². The fraction of sp³-hybridized carbons (Fsp3) is 0. The fourth-order valence-corrected chi connectivity index (χ4v) is 19.4. The Morgan fingerprint density at radius 3 is 1.32 bits per heavy atom. The Morgan fingerprint density at radius 2 is 0.632 bits per heavy atom. The maximum atomic E-state index is 6.52. The van der Waals surface area contributed by atoms with Crippen LogP contribution in [0.2, 0.25) is 0 Å². The molecular weight excluding hydrogens is 1430 g/mol. The second kappa shape index (κ2) is 26.5. The number of fused-ring (bicyclic) bond motifs is 20.